The summed E-state index contributed by atoms with van der Waals surface area (Å²) >= 11 is 1.43. The van der Waals surface area contributed by atoms with Crippen molar-refractivity contribution in [3.8, 4) is 5.75 Å². The van der Waals surface area contributed by atoms with Gasteiger partial charge in [0, 0.05) is 5.75 Å². The van der Waals surface area contributed by atoms with Gasteiger partial charge >= 0.3 is 6.36 Å². The molecule has 0 aliphatic heterocycles. The van der Waals surface area contributed by atoms with Gasteiger partial charge in [-0.25, -0.2) is 4.39 Å². The highest BCUT2D eigenvalue weighted by molar-refractivity contribution is 7.97. The summed E-state index contributed by atoms with van der Waals surface area (Å²) in [6, 6.07) is 3.45. The molecule has 84 valence electrons. The van der Waals surface area contributed by atoms with Crippen molar-refractivity contribution in [1.82, 2.24) is 0 Å². The SMILES string of the molecule is CSCc1ccc(F)c(OC(F)(F)F)c1. The summed E-state index contributed by atoms with van der Waals surface area (Å²) in [4.78, 5) is 0. The van der Waals surface area contributed by atoms with Crippen molar-refractivity contribution in [3.63, 3.8) is 0 Å². The highest BCUT2D eigenvalue weighted by Gasteiger charge is 2.32. The summed E-state index contributed by atoms with van der Waals surface area (Å²) in [5.74, 6) is -1.29. The van der Waals surface area contributed by atoms with Crippen LogP contribution in [0.5, 0.6) is 5.75 Å². The third kappa shape index (κ3) is 3.99. The van der Waals surface area contributed by atoms with Crippen LogP contribution in [0.4, 0.5) is 17.6 Å². The molecule has 0 bridgehead atoms. The van der Waals surface area contributed by atoms with Gasteiger partial charge < -0.3 is 4.74 Å². The van der Waals surface area contributed by atoms with Crippen molar-refractivity contribution in [2.75, 3.05) is 6.26 Å². The topological polar surface area (TPSA) is 9.23 Å². The minimum Gasteiger partial charge on any atom is -0.403 e. The maximum Gasteiger partial charge on any atom is 0.573 e. The molecule has 6 heteroatoms. The Kier molecular flexibility index (Phi) is 3.84. The molecular weight excluding hydrogens is 232 g/mol. The fourth-order valence-corrected chi connectivity index (χ4v) is 1.52. The van der Waals surface area contributed by atoms with E-state index in [0.717, 1.165) is 12.1 Å². The molecule has 0 spiro atoms. The normalized spacial score (nSPS) is 11.5. The molecule has 0 heterocycles. The van der Waals surface area contributed by atoms with E-state index in [4.69, 9.17) is 0 Å². The van der Waals surface area contributed by atoms with E-state index in [9.17, 15) is 17.6 Å². The zero-order valence-corrected chi connectivity index (χ0v) is 8.58. The van der Waals surface area contributed by atoms with E-state index in [-0.39, 0.29) is 0 Å². The minimum atomic E-state index is -4.86. The number of ether oxygens (including phenoxy) is 1. The van der Waals surface area contributed by atoms with Crippen LogP contribution in [0.15, 0.2) is 18.2 Å². The van der Waals surface area contributed by atoms with Gasteiger partial charge in [-0.1, -0.05) is 6.07 Å². The van der Waals surface area contributed by atoms with Crippen LogP contribution < -0.4 is 4.74 Å². The molecule has 1 aromatic carbocycles. The van der Waals surface area contributed by atoms with Crippen molar-refractivity contribution in [3.05, 3.63) is 29.6 Å². The van der Waals surface area contributed by atoms with E-state index in [0.29, 0.717) is 11.3 Å². The zero-order valence-electron chi connectivity index (χ0n) is 7.77. The first-order valence-electron chi connectivity index (χ1n) is 3.95. The number of benzene rings is 1. The lowest BCUT2D eigenvalue weighted by molar-refractivity contribution is -0.275. The van der Waals surface area contributed by atoms with Crippen molar-refractivity contribution in [2.45, 2.75) is 12.1 Å². The van der Waals surface area contributed by atoms with Crippen LogP contribution in [0.1, 0.15) is 5.56 Å². The van der Waals surface area contributed by atoms with E-state index in [1.165, 1.54) is 17.8 Å². The second kappa shape index (κ2) is 4.74. The Hall–Kier alpha value is -0.910. The smallest absolute Gasteiger partial charge is 0.403 e. The van der Waals surface area contributed by atoms with Gasteiger partial charge in [0.25, 0.3) is 0 Å². The molecule has 0 N–H and O–H groups in total. The van der Waals surface area contributed by atoms with Gasteiger partial charge in [0.2, 0.25) is 0 Å². The predicted molar refractivity (Wildman–Crippen MR) is 50.3 cm³/mol. The molecule has 0 unspecified atom stereocenters. The van der Waals surface area contributed by atoms with Gasteiger partial charge in [0.05, 0.1) is 0 Å². The fraction of sp³-hybridized carbons (Fsp3) is 0.333. The maximum atomic E-state index is 12.9. The molecule has 15 heavy (non-hydrogen) atoms. The highest BCUT2D eigenvalue weighted by Crippen LogP contribution is 2.27. The number of hydrogen-bond acceptors (Lipinski definition) is 2. The predicted octanol–water partition coefficient (Wildman–Crippen LogP) is 3.59. The minimum absolute atomic E-state index is 0.508. The molecule has 0 amide bonds. The number of alkyl halides is 3. The number of halogens is 4. The summed E-state index contributed by atoms with van der Waals surface area (Å²) in [6.45, 7) is 0. The van der Waals surface area contributed by atoms with E-state index >= 15 is 0 Å². The third-order valence-corrected chi connectivity index (χ3v) is 2.15. The molecule has 1 nitrogen and oxygen atoms in total. The molecular formula is C9H8F4OS. The number of rotatable bonds is 3. The molecule has 0 saturated heterocycles. The molecule has 0 radical (unpaired) electrons. The van der Waals surface area contributed by atoms with Crippen LogP contribution in [0.3, 0.4) is 0 Å². The summed E-state index contributed by atoms with van der Waals surface area (Å²) in [7, 11) is 0. The van der Waals surface area contributed by atoms with E-state index in [1.54, 1.807) is 6.26 Å². The Labute approximate surface area is 88.4 Å². The lowest BCUT2D eigenvalue weighted by Gasteiger charge is -2.10. The standard InChI is InChI=1S/C9H8F4OS/c1-15-5-6-2-3-7(10)8(4-6)14-9(11,12)13/h2-4H,5H2,1H3. The average Bonchev–Trinajstić information content (AvgIpc) is 2.09. The van der Waals surface area contributed by atoms with Gasteiger partial charge in [-0.05, 0) is 24.0 Å². The molecule has 1 rings (SSSR count). The zero-order chi connectivity index (χ0) is 11.5. The molecule has 0 saturated carbocycles. The largest absolute Gasteiger partial charge is 0.573 e. The molecule has 0 atom stereocenters. The Morgan fingerprint density at radius 3 is 2.53 bits per heavy atom. The van der Waals surface area contributed by atoms with Crippen molar-refractivity contribution < 1.29 is 22.3 Å². The Morgan fingerprint density at radius 1 is 1.33 bits per heavy atom. The lowest BCUT2D eigenvalue weighted by Crippen LogP contribution is -2.18. The van der Waals surface area contributed by atoms with Crippen LogP contribution in [-0.2, 0) is 5.75 Å². The molecule has 0 aromatic heterocycles. The highest BCUT2D eigenvalue weighted by atomic mass is 32.2. The van der Waals surface area contributed by atoms with Crippen molar-refractivity contribution in [1.29, 1.82) is 0 Å². The quantitative estimate of drug-likeness (QED) is 0.747. The first kappa shape index (κ1) is 12.2. The maximum absolute atomic E-state index is 12.9. The lowest BCUT2D eigenvalue weighted by atomic mass is 10.2. The summed E-state index contributed by atoms with van der Waals surface area (Å²) < 4.78 is 52.0. The second-order valence-corrected chi connectivity index (χ2v) is 3.61. The van der Waals surface area contributed by atoms with Crippen molar-refractivity contribution in [2.24, 2.45) is 0 Å². The second-order valence-electron chi connectivity index (χ2n) is 2.75. The first-order chi connectivity index (χ1) is 6.92. The monoisotopic (exact) mass is 240 g/mol. The van der Waals surface area contributed by atoms with Crippen molar-refractivity contribution >= 4 is 11.8 Å². The van der Waals surface area contributed by atoms with Gasteiger partial charge in [-0.3, -0.25) is 0 Å². The van der Waals surface area contributed by atoms with E-state index < -0.39 is 17.9 Å². The van der Waals surface area contributed by atoms with Gasteiger partial charge in [-0.15, -0.1) is 13.2 Å². The van der Waals surface area contributed by atoms with Crippen LogP contribution in [0.2, 0.25) is 0 Å². The van der Waals surface area contributed by atoms with E-state index in [1.807, 2.05) is 0 Å². The molecule has 0 fully saturated rings. The fourth-order valence-electron chi connectivity index (χ4n) is 1.01. The number of thioether (sulfide) groups is 1. The Morgan fingerprint density at radius 2 is 2.00 bits per heavy atom. The van der Waals surface area contributed by atoms with Crippen LogP contribution in [-0.4, -0.2) is 12.6 Å². The Bertz CT molecular complexity index is 337. The van der Waals surface area contributed by atoms with Gasteiger partial charge in [0.1, 0.15) is 0 Å². The first-order valence-corrected chi connectivity index (χ1v) is 5.35. The molecule has 1 aromatic rings. The average molecular weight is 240 g/mol. The van der Waals surface area contributed by atoms with Crippen LogP contribution in [0, 0.1) is 5.82 Å². The summed E-state index contributed by atoms with van der Waals surface area (Å²) in [6.07, 6.45) is -3.06. The molecule has 0 aliphatic rings. The van der Waals surface area contributed by atoms with Crippen LogP contribution >= 0.6 is 11.8 Å². The number of hydrogen-bond donors (Lipinski definition) is 0. The van der Waals surface area contributed by atoms with Crippen LogP contribution in [0.25, 0.3) is 0 Å². The molecule has 0 aliphatic carbocycles. The van der Waals surface area contributed by atoms with Gasteiger partial charge in [0.15, 0.2) is 11.6 Å². The Balaban J connectivity index is 2.90. The summed E-state index contributed by atoms with van der Waals surface area (Å²) in [5.41, 5.74) is 0.586. The third-order valence-electron chi connectivity index (χ3n) is 1.53. The van der Waals surface area contributed by atoms with E-state index in [2.05, 4.69) is 4.74 Å². The van der Waals surface area contributed by atoms with Gasteiger partial charge in [-0.2, -0.15) is 11.8 Å². The summed E-state index contributed by atoms with van der Waals surface area (Å²) in [5, 5.41) is 0.